The lowest BCUT2D eigenvalue weighted by Crippen LogP contribution is -2.30. The maximum atomic E-state index is 13.2. The molecule has 37 heavy (non-hydrogen) atoms. The molecule has 2 amide bonds. The molecule has 0 aliphatic heterocycles. The molecule has 10 nitrogen and oxygen atoms in total. The van der Waals surface area contributed by atoms with E-state index in [0.29, 0.717) is 24.0 Å². The first-order valence-corrected chi connectivity index (χ1v) is 11.6. The summed E-state index contributed by atoms with van der Waals surface area (Å²) in [6.45, 7) is 2.03. The molecule has 5 rings (SSSR count). The second kappa shape index (κ2) is 9.76. The van der Waals surface area contributed by atoms with Crippen molar-refractivity contribution in [1.29, 1.82) is 0 Å². The van der Waals surface area contributed by atoms with E-state index in [1.165, 1.54) is 36.2 Å². The van der Waals surface area contributed by atoms with Gasteiger partial charge in [0.2, 0.25) is 0 Å². The van der Waals surface area contributed by atoms with Crippen molar-refractivity contribution in [2.75, 3.05) is 7.11 Å². The van der Waals surface area contributed by atoms with E-state index >= 15 is 0 Å². The average molecular weight is 503 g/mol. The van der Waals surface area contributed by atoms with Crippen LogP contribution in [0.4, 0.5) is 4.39 Å². The van der Waals surface area contributed by atoms with Crippen LogP contribution < -0.4 is 10.6 Å². The highest BCUT2D eigenvalue weighted by Crippen LogP contribution is 2.35. The van der Waals surface area contributed by atoms with Gasteiger partial charge in [-0.05, 0) is 60.2 Å². The predicted octanol–water partition coefficient (Wildman–Crippen LogP) is 2.71. The van der Waals surface area contributed by atoms with Crippen molar-refractivity contribution in [2.24, 2.45) is 0 Å². The predicted molar refractivity (Wildman–Crippen MR) is 129 cm³/mol. The summed E-state index contributed by atoms with van der Waals surface area (Å²) in [7, 11) is 1.34. The third-order valence-corrected chi connectivity index (χ3v) is 6.49. The number of methoxy groups -OCH3 is 1. The number of fused-ring (bicyclic) bond motifs is 2. The molecule has 4 aromatic rings. The Morgan fingerprint density at radius 1 is 1.14 bits per heavy atom. The topological polar surface area (TPSA) is 128 Å². The zero-order valence-electron chi connectivity index (χ0n) is 20.1. The molecular formula is C26H23FN6O4. The lowest BCUT2D eigenvalue weighted by Gasteiger charge is -2.16. The molecule has 1 aliphatic carbocycles. The minimum absolute atomic E-state index is 0.0174. The van der Waals surface area contributed by atoms with Gasteiger partial charge in [0.25, 0.3) is 17.6 Å². The van der Waals surface area contributed by atoms with Crippen LogP contribution in [0.5, 0.6) is 0 Å². The van der Waals surface area contributed by atoms with Gasteiger partial charge in [0.15, 0.2) is 0 Å². The second-order valence-corrected chi connectivity index (χ2v) is 8.67. The highest BCUT2D eigenvalue weighted by Gasteiger charge is 2.29. The van der Waals surface area contributed by atoms with Gasteiger partial charge in [-0.2, -0.15) is 14.6 Å². The monoisotopic (exact) mass is 502 g/mol. The second-order valence-electron chi connectivity index (χ2n) is 8.67. The molecule has 0 radical (unpaired) electrons. The summed E-state index contributed by atoms with van der Waals surface area (Å²) in [6.07, 6.45) is 2.60. The van der Waals surface area contributed by atoms with E-state index in [0.717, 1.165) is 16.7 Å². The van der Waals surface area contributed by atoms with Crippen LogP contribution in [0.1, 0.15) is 66.1 Å². The molecule has 0 spiro atoms. The van der Waals surface area contributed by atoms with Gasteiger partial charge in [0.1, 0.15) is 23.5 Å². The van der Waals surface area contributed by atoms with Crippen LogP contribution in [0, 0.1) is 12.7 Å². The molecular weight excluding hydrogens is 479 g/mol. The fraction of sp³-hybridized carbons (Fsp3) is 0.231. The number of aromatic nitrogens is 4. The molecule has 2 aromatic carbocycles. The number of carbonyl (C=O) groups excluding carboxylic acids is 3. The number of ether oxygens (including phenoxy) is 1. The molecule has 2 N–H and O–H groups in total. The first kappa shape index (κ1) is 24.0. The number of amides is 2. The van der Waals surface area contributed by atoms with Gasteiger partial charge in [-0.1, -0.05) is 18.2 Å². The fourth-order valence-electron chi connectivity index (χ4n) is 4.56. The van der Waals surface area contributed by atoms with E-state index < -0.39 is 17.8 Å². The van der Waals surface area contributed by atoms with Crippen molar-refractivity contribution in [2.45, 2.75) is 32.4 Å². The molecule has 0 saturated heterocycles. The summed E-state index contributed by atoms with van der Waals surface area (Å²) in [5, 5.41) is 9.77. The van der Waals surface area contributed by atoms with Crippen LogP contribution in [0.3, 0.4) is 0 Å². The molecule has 1 atom stereocenters. The summed E-state index contributed by atoms with van der Waals surface area (Å²) < 4.78 is 19.3. The number of carbonyl (C=O) groups is 3. The van der Waals surface area contributed by atoms with Crippen LogP contribution in [-0.2, 0) is 17.7 Å². The molecule has 2 aromatic heterocycles. The fourth-order valence-corrected chi connectivity index (χ4v) is 4.56. The number of nitrogens with zero attached hydrogens (tertiary/aromatic N) is 4. The minimum atomic E-state index is -0.492. The first-order chi connectivity index (χ1) is 17.9. The Kier molecular flexibility index (Phi) is 6.34. The highest BCUT2D eigenvalue weighted by atomic mass is 19.1. The molecule has 0 bridgehead atoms. The van der Waals surface area contributed by atoms with Crippen molar-refractivity contribution in [1.82, 2.24) is 30.2 Å². The minimum Gasteiger partial charge on any atom is -0.465 e. The molecule has 0 fully saturated rings. The number of esters is 1. The highest BCUT2D eigenvalue weighted by molar-refractivity contribution is 5.98. The van der Waals surface area contributed by atoms with Gasteiger partial charge in [-0.3, -0.25) is 9.59 Å². The van der Waals surface area contributed by atoms with Crippen molar-refractivity contribution in [3.63, 3.8) is 0 Å². The van der Waals surface area contributed by atoms with Crippen molar-refractivity contribution < 1.29 is 23.5 Å². The van der Waals surface area contributed by atoms with Crippen molar-refractivity contribution in [3.8, 4) is 0 Å². The Hall–Kier alpha value is -4.67. The number of rotatable bonds is 6. The molecule has 2 heterocycles. The van der Waals surface area contributed by atoms with E-state index in [9.17, 15) is 18.8 Å². The lowest BCUT2D eigenvalue weighted by molar-refractivity contribution is 0.0599. The lowest BCUT2D eigenvalue weighted by atomic mass is 9.98. The van der Waals surface area contributed by atoms with Crippen LogP contribution in [-0.4, -0.2) is 44.5 Å². The smallest absolute Gasteiger partial charge is 0.338 e. The molecule has 0 saturated carbocycles. The van der Waals surface area contributed by atoms with E-state index in [2.05, 4.69) is 25.7 Å². The Bertz CT molecular complexity index is 1530. The van der Waals surface area contributed by atoms with Crippen LogP contribution >= 0.6 is 0 Å². The van der Waals surface area contributed by atoms with Crippen LogP contribution in [0.15, 0.2) is 48.8 Å². The standard InChI is InChI=1S/C26H23FN6O4/c1-14-17-9-10-20(19(17)8-7-18(14)25(36)37-2)31-23(34)21-11-22(33-26(32-21)29-13-30-33)24(35)28-12-15-3-5-16(27)6-4-15/h3-8,11,13,20H,9-10,12H2,1-2H3,(H,28,35)(H,31,34)/t20-/m0/s1. The van der Waals surface area contributed by atoms with Crippen LogP contribution in [0.25, 0.3) is 5.78 Å². The van der Waals surface area contributed by atoms with Crippen molar-refractivity contribution in [3.05, 3.63) is 93.8 Å². The average Bonchev–Trinajstić information content (AvgIpc) is 3.55. The number of hydrogen-bond donors (Lipinski definition) is 2. The summed E-state index contributed by atoms with van der Waals surface area (Å²) in [5.41, 5.74) is 4.09. The van der Waals surface area contributed by atoms with Gasteiger partial charge in [-0.15, -0.1) is 0 Å². The quantitative estimate of drug-likeness (QED) is 0.388. The summed E-state index contributed by atoms with van der Waals surface area (Å²) in [6, 6.07) is 10.4. The molecule has 188 valence electrons. The summed E-state index contributed by atoms with van der Waals surface area (Å²) in [5.74, 6) is -1.62. The van der Waals surface area contributed by atoms with Gasteiger partial charge in [0, 0.05) is 12.6 Å². The number of nitrogens with one attached hydrogen (secondary N) is 2. The Labute approximate surface area is 210 Å². The van der Waals surface area contributed by atoms with E-state index in [1.807, 2.05) is 13.0 Å². The maximum absolute atomic E-state index is 13.2. The van der Waals surface area contributed by atoms with E-state index in [1.54, 1.807) is 18.2 Å². The largest absolute Gasteiger partial charge is 0.465 e. The number of benzene rings is 2. The van der Waals surface area contributed by atoms with E-state index in [-0.39, 0.29) is 35.6 Å². The first-order valence-electron chi connectivity index (χ1n) is 11.6. The van der Waals surface area contributed by atoms with Gasteiger partial charge in [-0.25, -0.2) is 14.2 Å². The normalized spacial score (nSPS) is 14.3. The SMILES string of the molecule is COC(=O)c1ccc2c(c1C)CC[C@@H]2NC(=O)c1cc(C(=O)NCc2ccc(F)cc2)n2ncnc2n1. The zero-order chi connectivity index (χ0) is 26.1. The third kappa shape index (κ3) is 4.63. The Morgan fingerprint density at radius 3 is 2.68 bits per heavy atom. The van der Waals surface area contributed by atoms with E-state index in [4.69, 9.17) is 4.74 Å². The summed E-state index contributed by atoms with van der Waals surface area (Å²) >= 11 is 0. The number of halogens is 1. The molecule has 1 aliphatic rings. The summed E-state index contributed by atoms with van der Waals surface area (Å²) in [4.78, 5) is 46.5. The Morgan fingerprint density at radius 2 is 1.92 bits per heavy atom. The molecule has 11 heteroatoms. The van der Waals surface area contributed by atoms with Gasteiger partial charge < -0.3 is 15.4 Å². The maximum Gasteiger partial charge on any atom is 0.338 e. The number of hydrogen-bond acceptors (Lipinski definition) is 7. The Balaban J connectivity index is 1.36. The zero-order valence-corrected chi connectivity index (χ0v) is 20.1. The van der Waals surface area contributed by atoms with Gasteiger partial charge in [0.05, 0.1) is 18.7 Å². The molecule has 0 unspecified atom stereocenters. The van der Waals surface area contributed by atoms with Crippen molar-refractivity contribution >= 4 is 23.6 Å². The van der Waals surface area contributed by atoms with Gasteiger partial charge >= 0.3 is 5.97 Å². The van der Waals surface area contributed by atoms with Crippen LogP contribution in [0.2, 0.25) is 0 Å². The third-order valence-electron chi connectivity index (χ3n) is 6.49.